The minimum atomic E-state index is 0.632. The number of pyridine rings is 1. The van der Waals surface area contributed by atoms with Crippen LogP contribution >= 0.6 is 0 Å². The Morgan fingerprint density at radius 2 is 1.83 bits per heavy atom. The van der Waals surface area contributed by atoms with E-state index in [0.29, 0.717) is 5.95 Å². The average Bonchev–Trinajstić information content (AvgIpc) is 2.73. The number of nitrogens with zero attached hydrogens (tertiary/aromatic N) is 4. The smallest absolute Gasteiger partial charge is 0.225 e. The summed E-state index contributed by atoms with van der Waals surface area (Å²) in [5.41, 5.74) is 5.48. The minimum Gasteiger partial charge on any atom is -0.354 e. The van der Waals surface area contributed by atoms with E-state index in [-0.39, 0.29) is 0 Å². The summed E-state index contributed by atoms with van der Waals surface area (Å²) in [7, 11) is 4.16. The highest BCUT2D eigenvalue weighted by atomic mass is 15.1. The van der Waals surface area contributed by atoms with Gasteiger partial charge in [0.15, 0.2) is 0 Å². The molecule has 29 heavy (non-hydrogen) atoms. The first-order chi connectivity index (χ1) is 14.1. The van der Waals surface area contributed by atoms with E-state index in [0.717, 1.165) is 48.7 Å². The number of rotatable bonds is 9. The number of hydrogen-bond donors (Lipinski definition) is 2. The van der Waals surface area contributed by atoms with E-state index >= 15 is 0 Å². The number of hydrogen-bond acceptors (Lipinski definition) is 6. The van der Waals surface area contributed by atoms with Gasteiger partial charge in [-0.15, -0.1) is 0 Å². The van der Waals surface area contributed by atoms with Crippen molar-refractivity contribution >= 4 is 17.5 Å². The molecule has 3 aromatic rings. The van der Waals surface area contributed by atoms with Crippen molar-refractivity contribution in [2.24, 2.45) is 0 Å². The van der Waals surface area contributed by atoms with Gasteiger partial charge in [-0.2, -0.15) is 4.98 Å². The van der Waals surface area contributed by atoms with Crippen LogP contribution in [0.25, 0.3) is 11.3 Å². The highest BCUT2D eigenvalue weighted by Crippen LogP contribution is 2.27. The van der Waals surface area contributed by atoms with Crippen LogP contribution in [0.1, 0.15) is 24.5 Å². The molecule has 152 valence electrons. The lowest BCUT2D eigenvalue weighted by Gasteiger charge is -2.16. The standard InChI is InChI=1S/C23H30N6/c1-5-18-9-6-8-17(2)22(18)27-21-16-20(19-10-13-24-14-11-19)26-23(28-21)25-12-7-15-29(3)4/h6,8-11,13-14,16H,5,7,12,15H2,1-4H3,(H2,25,26,27,28). The summed E-state index contributed by atoms with van der Waals surface area (Å²) in [5.74, 6) is 1.41. The van der Waals surface area contributed by atoms with Crippen LogP contribution in [0, 0.1) is 6.92 Å². The average molecular weight is 391 g/mol. The van der Waals surface area contributed by atoms with E-state index in [2.05, 4.69) is 66.7 Å². The lowest BCUT2D eigenvalue weighted by molar-refractivity contribution is 0.405. The second-order valence-electron chi connectivity index (χ2n) is 7.37. The summed E-state index contributed by atoms with van der Waals surface area (Å²) in [6.07, 6.45) is 5.55. The maximum absolute atomic E-state index is 4.72. The monoisotopic (exact) mass is 390 g/mol. The fourth-order valence-corrected chi connectivity index (χ4v) is 3.19. The van der Waals surface area contributed by atoms with Gasteiger partial charge in [-0.3, -0.25) is 4.98 Å². The van der Waals surface area contributed by atoms with Gasteiger partial charge in [0.25, 0.3) is 0 Å². The van der Waals surface area contributed by atoms with Gasteiger partial charge in [0, 0.05) is 36.3 Å². The number of anilines is 3. The van der Waals surface area contributed by atoms with Gasteiger partial charge in [-0.1, -0.05) is 25.1 Å². The van der Waals surface area contributed by atoms with Gasteiger partial charge in [0.1, 0.15) is 5.82 Å². The van der Waals surface area contributed by atoms with Crippen molar-refractivity contribution in [3.63, 3.8) is 0 Å². The molecule has 3 rings (SSSR count). The molecule has 0 spiro atoms. The van der Waals surface area contributed by atoms with Gasteiger partial charge in [-0.25, -0.2) is 4.98 Å². The molecule has 0 amide bonds. The molecule has 2 N–H and O–H groups in total. The van der Waals surface area contributed by atoms with Crippen LogP contribution in [0.2, 0.25) is 0 Å². The number of aryl methyl sites for hydroxylation is 2. The first-order valence-electron chi connectivity index (χ1n) is 10.1. The fraction of sp³-hybridized carbons (Fsp3) is 0.348. The lowest BCUT2D eigenvalue weighted by atomic mass is 10.1. The Kier molecular flexibility index (Phi) is 7.14. The van der Waals surface area contributed by atoms with Crippen LogP contribution < -0.4 is 10.6 Å². The SMILES string of the molecule is CCc1cccc(C)c1Nc1cc(-c2ccncc2)nc(NCCCN(C)C)n1. The molecule has 0 saturated carbocycles. The van der Waals surface area contributed by atoms with E-state index < -0.39 is 0 Å². The van der Waals surface area contributed by atoms with E-state index in [9.17, 15) is 0 Å². The molecule has 2 heterocycles. The molecule has 0 fully saturated rings. The molecule has 0 unspecified atom stereocenters. The molecule has 2 aromatic heterocycles. The van der Waals surface area contributed by atoms with Crippen LogP contribution in [0.3, 0.4) is 0 Å². The maximum Gasteiger partial charge on any atom is 0.225 e. The van der Waals surface area contributed by atoms with E-state index in [4.69, 9.17) is 9.97 Å². The van der Waals surface area contributed by atoms with E-state index in [1.165, 1.54) is 11.1 Å². The predicted molar refractivity (Wildman–Crippen MR) is 121 cm³/mol. The normalized spacial score (nSPS) is 10.9. The molecule has 0 aliphatic carbocycles. The summed E-state index contributed by atoms with van der Waals surface area (Å²) >= 11 is 0. The summed E-state index contributed by atoms with van der Waals surface area (Å²) in [5, 5.41) is 6.91. The summed E-state index contributed by atoms with van der Waals surface area (Å²) in [6.45, 7) is 6.13. The highest BCUT2D eigenvalue weighted by molar-refractivity contribution is 5.70. The van der Waals surface area contributed by atoms with Gasteiger partial charge < -0.3 is 15.5 Å². The molecule has 6 nitrogen and oxygen atoms in total. The van der Waals surface area contributed by atoms with Gasteiger partial charge in [0.2, 0.25) is 5.95 Å². The van der Waals surface area contributed by atoms with Crippen molar-refractivity contribution in [1.82, 2.24) is 19.9 Å². The zero-order chi connectivity index (χ0) is 20.6. The molecule has 0 radical (unpaired) electrons. The molecule has 0 aliphatic heterocycles. The molecule has 0 bridgehead atoms. The number of para-hydroxylation sites is 1. The molecule has 0 aliphatic rings. The largest absolute Gasteiger partial charge is 0.354 e. The third kappa shape index (κ3) is 5.74. The quantitative estimate of drug-likeness (QED) is 0.524. The predicted octanol–water partition coefficient (Wildman–Crippen LogP) is 4.52. The Bertz CT molecular complexity index is 924. The molecule has 6 heteroatoms. The van der Waals surface area contributed by atoms with Crippen molar-refractivity contribution in [2.45, 2.75) is 26.7 Å². The van der Waals surface area contributed by atoms with Crippen molar-refractivity contribution in [1.29, 1.82) is 0 Å². The number of nitrogens with one attached hydrogen (secondary N) is 2. The van der Waals surface area contributed by atoms with Crippen molar-refractivity contribution in [2.75, 3.05) is 37.8 Å². The molecular formula is C23H30N6. The first kappa shape index (κ1) is 20.7. The summed E-state index contributed by atoms with van der Waals surface area (Å²) in [4.78, 5) is 15.7. The van der Waals surface area contributed by atoms with Gasteiger partial charge in [0.05, 0.1) is 5.69 Å². The minimum absolute atomic E-state index is 0.632. The van der Waals surface area contributed by atoms with Crippen molar-refractivity contribution in [3.05, 3.63) is 59.9 Å². The fourth-order valence-electron chi connectivity index (χ4n) is 3.19. The van der Waals surface area contributed by atoms with Gasteiger partial charge in [-0.05, 0) is 63.7 Å². The maximum atomic E-state index is 4.72. The Morgan fingerprint density at radius 3 is 2.55 bits per heavy atom. The Hall–Kier alpha value is -2.99. The second kappa shape index (κ2) is 9.98. The molecule has 0 atom stereocenters. The van der Waals surface area contributed by atoms with Gasteiger partial charge >= 0.3 is 0 Å². The Morgan fingerprint density at radius 1 is 1.03 bits per heavy atom. The third-order valence-corrected chi connectivity index (χ3v) is 4.76. The zero-order valence-electron chi connectivity index (χ0n) is 17.7. The van der Waals surface area contributed by atoms with Crippen LogP contribution in [0.15, 0.2) is 48.8 Å². The van der Waals surface area contributed by atoms with Crippen LogP contribution in [0.5, 0.6) is 0 Å². The topological polar surface area (TPSA) is 66.0 Å². The van der Waals surface area contributed by atoms with Crippen molar-refractivity contribution < 1.29 is 0 Å². The number of aromatic nitrogens is 3. The highest BCUT2D eigenvalue weighted by Gasteiger charge is 2.10. The first-order valence-corrected chi connectivity index (χ1v) is 10.1. The summed E-state index contributed by atoms with van der Waals surface area (Å²) < 4.78 is 0. The lowest BCUT2D eigenvalue weighted by Crippen LogP contribution is -2.17. The van der Waals surface area contributed by atoms with E-state index in [1.807, 2.05) is 18.2 Å². The van der Waals surface area contributed by atoms with Crippen molar-refractivity contribution in [3.8, 4) is 11.3 Å². The summed E-state index contributed by atoms with van der Waals surface area (Å²) in [6, 6.07) is 12.3. The van der Waals surface area contributed by atoms with Crippen LogP contribution in [0.4, 0.5) is 17.5 Å². The zero-order valence-corrected chi connectivity index (χ0v) is 17.7. The molecular weight excluding hydrogens is 360 g/mol. The second-order valence-corrected chi connectivity index (χ2v) is 7.37. The van der Waals surface area contributed by atoms with Crippen LogP contribution in [-0.4, -0.2) is 47.0 Å². The molecule has 0 saturated heterocycles. The number of benzene rings is 1. The third-order valence-electron chi connectivity index (χ3n) is 4.76. The Balaban J connectivity index is 1.90. The molecule has 1 aromatic carbocycles. The Labute approximate surface area is 173 Å². The van der Waals surface area contributed by atoms with E-state index in [1.54, 1.807) is 12.4 Å². The van der Waals surface area contributed by atoms with Crippen LogP contribution in [-0.2, 0) is 6.42 Å².